The Hall–Kier alpha value is -3.10. The van der Waals surface area contributed by atoms with Gasteiger partial charge in [0.1, 0.15) is 17.1 Å². The SMILES string of the molecule is CCC(=O)CCCN1C(=O)C(C)(C)Oc2cc(C)c(C(=O)N(C(C)C)[C@@H]3CCCN(C(=O)OC(C)(C)C)C3)cc21. The van der Waals surface area contributed by atoms with E-state index in [1.807, 2.05) is 59.4 Å². The first-order chi connectivity index (χ1) is 18.6. The summed E-state index contributed by atoms with van der Waals surface area (Å²) in [6.07, 6.45) is 2.58. The molecule has 2 aliphatic rings. The molecule has 3 rings (SSSR count). The van der Waals surface area contributed by atoms with Crippen molar-refractivity contribution < 1.29 is 28.7 Å². The molecule has 0 unspecified atom stereocenters. The van der Waals surface area contributed by atoms with Gasteiger partial charge in [0.05, 0.1) is 11.7 Å². The topological polar surface area (TPSA) is 96.5 Å². The summed E-state index contributed by atoms with van der Waals surface area (Å²) in [5, 5.41) is 0. The largest absolute Gasteiger partial charge is 0.476 e. The van der Waals surface area contributed by atoms with Crippen molar-refractivity contribution in [1.82, 2.24) is 9.80 Å². The number of rotatable bonds is 8. The van der Waals surface area contributed by atoms with Crippen molar-refractivity contribution in [3.8, 4) is 5.75 Å². The Labute approximate surface area is 239 Å². The number of nitrogens with zero attached hydrogens (tertiary/aromatic N) is 3. The van der Waals surface area contributed by atoms with Gasteiger partial charge in [0.2, 0.25) is 0 Å². The van der Waals surface area contributed by atoms with Gasteiger partial charge in [-0.1, -0.05) is 6.92 Å². The van der Waals surface area contributed by atoms with E-state index < -0.39 is 11.2 Å². The first-order valence-electron chi connectivity index (χ1n) is 14.5. The van der Waals surface area contributed by atoms with Crippen LogP contribution in [0.5, 0.6) is 5.75 Å². The van der Waals surface area contributed by atoms with Crippen LogP contribution in [-0.4, -0.2) is 76.4 Å². The number of amides is 3. The minimum atomic E-state index is -1.06. The predicted octanol–water partition coefficient (Wildman–Crippen LogP) is 5.51. The standard InChI is InChI=1S/C31H47N3O6/c1-10-23(35)14-12-16-33-25-18-24(21(4)17-26(25)39-31(8,9)28(33)37)27(36)34(20(2)3)22-13-11-15-32(19-22)29(38)40-30(5,6)7/h17-18,20,22H,10-16,19H2,1-9H3/t22-/m1/s1. The van der Waals surface area contributed by atoms with E-state index in [0.29, 0.717) is 55.9 Å². The highest BCUT2D eigenvalue weighted by atomic mass is 16.6. The first-order valence-corrected chi connectivity index (χ1v) is 14.5. The summed E-state index contributed by atoms with van der Waals surface area (Å²) in [5.41, 5.74) is 0.136. The summed E-state index contributed by atoms with van der Waals surface area (Å²) in [6, 6.07) is 3.30. The van der Waals surface area contributed by atoms with E-state index in [0.717, 1.165) is 18.4 Å². The van der Waals surface area contributed by atoms with Gasteiger partial charge in [-0.05, 0) is 92.3 Å². The van der Waals surface area contributed by atoms with Gasteiger partial charge in [0, 0.05) is 44.1 Å². The van der Waals surface area contributed by atoms with Gasteiger partial charge in [0.15, 0.2) is 5.60 Å². The van der Waals surface area contributed by atoms with Gasteiger partial charge in [0.25, 0.3) is 11.8 Å². The molecule has 9 heteroatoms. The molecule has 0 N–H and O–H groups in total. The van der Waals surface area contributed by atoms with E-state index in [9.17, 15) is 19.2 Å². The zero-order valence-electron chi connectivity index (χ0n) is 25.8. The molecule has 1 saturated heterocycles. The van der Waals surface area contributed by atoms with Crippen molar-refractivity contribution in [2.75, 3.05) is 24.5 Å². The van der Waals surface area contributed by atoms with Crippen molar-refractivity contribution >= 4 is 29.4 Å². The second-order valence-electron chi connectivity index (χ2n) is 12.7. The lowest BCUT2D eigenvalue weighted by molar-refractivity contribution is -0.132. The average molecular weight is 558 g/mol. The lowest BCUT2D eigenvalue weighted by atomic mass is 9.97. The quantitative estimate of drug-likeness (QED) is 0.418. The molecule has 0 aromatic heterocycles. The Bertz CT molecular complexity index is 1140. The van der Waals surface area contributed by atoms with E-state index >= 15 is 0 Å². The molecule has 2 heterocycles. The van der Waals surface area contributed by atoms with Gasteiger partial charge >= 0.3 is 6.09 Å². The molecule has 0 saturated carbocycles. The minimum absolute atomic E-state index is 0.112. The molecule has 222 valence electrons. The molecule has 40 heavy (non-hydrogen) atoms. The van der Waals surface area contributed by atoms with E-state index in [-0.39, 0.29) is 35.8 Å². The molecule has 9 nitrogen and oxygen atoms in total. The number of likely N-dealkylation sites (tertiary alicyclic amines) is 1. The number of carbonyl (C=O) groups excluding carboxylic acids is 4. The molecule has 1 fully saturated rings. The summed E-state index contributed by atoms with van der Waals surface area (Å²) in [7, 11) is 0. The molecule has 0 aliphatic carbocycles. The van der Waals surface area contributed by atoms with E-state index in [1.54, 1.807) is 29.7 Å². The number of hydrogen-bond donors (Lipinski definition) is 0. The van der Waals surface area contributed by atoms with Crippen molar-refractivity contribution in [2.45, 2.75) is 118 Å². The third kappa shape index (κ3) is 7.15. The number of piperidine rings is 1. The fourth-order valence-corrected chi connectivity index (χ4v) is 5.41. The van der Waals surface area contributed by atoms with Gasteiger partial charge in [-0.3, -0.25) is 14.4 Å². The maximum absolute atomic E-state index is 14.2. The number of benzene rings is 1. The van der Waals surface area contributed by atoms with Gasteiger partial charge in [-0.15, -0.1) is 0 Å². The van der Waals surface area contributed by atoms with Crippen molar-refractivity contribution in [3.05, 3.63) is 23.3 Å². The molecule has 0 radical (unpaired) electrons. The summed E-state index contributed by atoms with van der Waals surface area (Å²) in [5.74, 6) is 0.350. The molecule has 2 aliphatic heterocycles. The first kappa shape index (κ1) is 31.4. The van der Waals surface area contributed by atoms with Crippen molar-refractivity contribution in [2.24, 2.45) is 0 Å². The molecule has 1 aromatic rings. The van der Waals surface area contributed by atoms with Crippen LogP contribution in [0.4, 0.5) is 10.5 Å². The zero-order valence-corrected chi connectivity index (χ0v) is 25.8. The Morgan fingerprint density at radius 2 is 1.88 bits per heavy atom. The van der Waals surface area contributed by atoms with Crippen LogP contribution < -0.4 is 9.64 Å². The van der Waals surface area contributed by atoms with Crippen LogP contribution in [0.2, 0.25) is 0 Å². The average Bonchev–Trinajstić information content (AvgIpc) is 2.84. The summed E-state index contributed by atoms with van der Waals surface area (Å²) in [6.45, 7) is 18.0. The van der Waals surface area contributed by atoms with Gasteiger partial charge in [-0.2, -0.15) is 0 Å². The highest BCUT2D eigenvalue weighted by Gasteiger charge is 2.42. The highest BCUT2D eigenvalue weighted by Crippen LogP contribution is 2.40. The van der Waals surface area contributed by atoms with Crippen LogP contribution in [-0.2, 0) is 14.3 Å². The normalized spacial score (nSPS) is 18.8. The second-order valence-corrected chi connectivity index (χ2v) is 12.7. The highest BCUT2D eigenvalue weighted by molar-refractivity contribution is 6.05. The fourth-order valence-electron chi connectivity index (χ4n) is 5.41. The summed E-state index contributed by atoms with van der Waals surface area (Å²) in [4.78, 5) is 57.4. The fraction of sp³-hybridized carbons (Fsp3) is 0.677. The van der Waals surface area contributed by atoms with Crippen LogP contribution in [0.25, 0.3) is 0 Å². The maximum atomic E-state index is 14.2. The number of hydrogen-bond acceptors (Lipinski definition) is 6. The van der Waals surface area contributed by atoms with Crippen LogP contribution in [0.1, 0.15) is 103 Å². The van der Waals surface area contributed by atoms with Crippen LogP contribution >= 0.6 is 0 Å². The van der Waals surface area contributed by atoms with E-state index in [4.69, 9.17) is 9.47 Å². The molecule has 0 bridgehead atoms. The third-order valence-corrected chi connectivity index (χ3v) is 7.42. The van der Waals surface area contributed by atoms with Crippen molar-refractivity contribution in [3.63, 3.8) is 0 Å². The zero-order chi connectivity index (χ0) is 30.0. The predicted molar refractivity (Wildman–Crippen MR) is 155 cm³/mol. The van der Waals surface area contributed by atoms with Gasteiger partial charge in [-0.25, -0.2) is 4.79 Å². The van der Waals surface area contributed by atoms with Crippen LogP contribution in [0.15, 0.2) is 12.1 Å². The molecular formula is C31H47N3O6. The maximum Gasteiger partial charge on any atom is 0.410 e. The Morgan fingerprint density at radius 1 is 1.20 bits per heavy atom. The number of ketones is 1. The number of ether oxygens (including phenoxy) is 2. The number of aryl methyl sites for hydroxylation is 1. The number of carbonyl (C=O) groups is 4. The lowest BCUT2D eigenvalue weighted by Crippen LogP contribution is -2.55. The molecule has 1 aromatic carbocycles. The molecular weight excluding hydrogens is 510 g/mol. The number of Topliss-reactive ketones (excluding diaryl/α,β-unsaturated/α-hetero) is 1. The van der Waals surface area contributed by atoms with Gasteiger partial charge < -0.3 is 24.2 Å². The van der Waals surface area contributed by atoms with Crippen molar-refractivity contribution in [1.29, 1.82) is 0 Å². The Balaban J connectivity index is 1.92. The molecule has 1 atom stereocenters. The Morgan fingerprint density at radius 3 is 2.48 bits per heavy atom. The second kappa shape index (κ2) is 12.2. The molecule has 3 amide bonds. The summed E-state index contributed by atoms with van der Waals surface area (Å²) < 4.78 is 11.7. The lowest BCUT2D eigenvalue weighted by Gasteiger charge is -2.42. The Kier molecular flexibility index (Phi) is 9.58. The van der Waals surface area contributed by atoms with Crippen LogP contribution in [0, 0.1) is 6.92 Å². The monoisotopic (exact) mass is 557 g/mol. The van der Waals surface area contributed by atoms with E-state index in [1.165, 1.54) is 0 Å². The smallest absolute Gasteiger partial charge is 0.410 e. The van der Waals surface area contributed by atoms with Crippen LogP contribution in [0.3, 0.4) is 0 Å². The third-order valence-electron chi connectivity index (χ3n) is 7.42. The summed E-state index contributed by atoms with van der Waals surface area (Å²) >= 11 is 0. The van der Waals surface area contributed by atoms with E-state index in [2.05, 4.69) is 0 Å². The number of fused-ring (bicyclic) bond motifs is 1. The minimum Gasteiger partial charge on any atom is -0.476 e. The number of anilines is 1. The molecule has 0 spiro atoms.